The Morgan fingerprint density at radius 1 is 1.07 bits per heavy atom. The molecule has 3 aromatic heterocycles. The van der Waals surface area contributed by atoms with Crippen molar-refractivity contribution in [2.24, 2.45) is 0 Å². The smallest absolute Gasteiger partial charge is 0.188 e. The Morgan fingerprint density at radius 3 is 2.63 bits per heavy atom. The summed E-state index contributed by atoms with van der Waals surface area (Å²) >= 11 is 3.39. The normalized spacial score (nSPS) is 14.9. The van der Waals surface area contributed by atoms with Crippen molar-refractivity contribution >= 4 is 34.0 Å². The molecule has 0 aromatic carbocycles. The number of aromatic nitrogens is 5. The maximum atomic E-state index is 4.82. The Labute approximate surface area is 185 Å². The van der Waals surface area contributed by atoms with Crippen LogP contribution >= 0.6 is 23.1 Å². The molecule has 0 spiro atoms. The highest BCUT2D eigenvalue weighted by Crippen LogP contribution is 2.34. The molecule has 1 aliphatic rings. The molecule has 1 saturated carbocycles. The maximum Gasteiger partial charge on any atom is 0.188 e. The Morgan fingerprint density at radius 2 is 1.90 bits per heavy atom. The van der Waals surface area contributed by atoms with Gasteiger partial charge in [-0.25, -0.2) is 19.9 Å². The number of rotatable bonds is 7. The summed E-state index contributed by atoms with van der Waals surface area (Å²) in [6.45, 7) is 2.80. The second-order valence-corrected chi connectivity index (χ2v) is 10.1. The van der Waals surface area contributed by atoms with Gasteiger partial charge >= 0.3 is 0 Å². The fourth-order valence-corrected chi connectivity index (χ4v) is 5.44. The number of hydrogen-bond acceptors (Lipinski definition) is 9. The van der Waals surface area contributed by atoms with Gasteiger partial charge in [0.25, 0.3) is 0 Å². The van der Waals surface area contributed by atoms with E-state index in [9.17, 15) is 0 Å². The fraction of sp³-hybridized carbons (Fsp3) is 0.476. The molecule has 1 fully saturated rings. The topological polar surface area (TPSA) is 79.7 Å². The molecule has 9 heteroatoms. The van der Waals surface area contributed by atoms with Crippen molar-refractivity contribution in [2.45, 2.75) is 56.0 Å². The fourth-order valence-electron chi connectivity index (χ4n) is 3.44. The number of nitrogens with zero attached hydrogens (tertiary/aromatic N) is 6. The monoisotopic (exact) mass is 441 g/mol. The lowest BCUT2D eigenvalue weighted by molar-refractivity contribution is 0.396. The van der Waals surface area contributed by atoms with Gasteiger partial charge in [0.05, 0.1) is 28.7 Å². The van der Waals surface area contributed by atoms with E-state index in [1.54, 1.807) is 23.7 Å². The summed E-state index contributed by atoms with van der Waals surface area (Å²) < 4.78 is 0. The average Bonchev–Trinajstić information content (AvgIpc) is 3.18. The zero-order valence-electron chi connectivity index (χ0n) is 17.6. The number of anilines is 2. The summed E-state index contributed by atoms with van der Waals surface area (Å²) in [7, 11) is 4.03. The van der Waals surface area contributed by atoms with Crippen molar-refractivity contribution in [3.05, 3.63) is 36.0 Å². The van der Waals surface area contributed by atoms with E-state index in [1.807, 2.05) is 45.0 Å². The number of thioether (sulfide) groups is 1. The van der Waals surface area contributed by atoms with Crippen LogP contribution in [0.3, 0.4) is 0 Å². The predicted octanol–water partition coefficient (Wildman–Crippen LogP) is 4.93. The number of nitrogens with one attached hydrogen (secondary N) is 1. The molecule has 3 heterocycles. The van der Waals surface area contributed by atoms with Crippen LogP contribution in [0, 0.1) is 6.92 Å². The van der Waals surface area contributed by atoms with Crippen molar-refractivity contribution in [3.8, 4) is 10.6 Å². The van der Waals surface area contributed by atoms with Crippen LogP contribution in [0.15, 0.2) is 29.8 Å². The molecule has 0 saturated heterocycles. The Kier molecular flexibility index (Phi) is 6.91. The van der Waals surface area contributed by atoms with Gasteiger partial charge < -0.3 is 10.2 Å². The molecule has 1 N–H and O–H groups in total. The van der Waals surface area contributed by atoms with E-state index < -0.39 is 0 Å². The van der Waals surface area contributed by atoms with Crippen molar-refractivity contribution < 1.29 is 0 Å². The summed E-state index contributed by atoms with van der Waals surface area (Å²) in [5.74, 6) is 0.686. The minimum atomic E-state index is 0.640. The Balaban J connectivity index is 1.45. The number of aryl methyl sites for hydroxylation is 1. The minimum absolute atomic E-state index is 0.640. The second kappa shape index (κ2) is 9.80. The highest BCUT2D eigenvalue weighted by Gasteiger charge is 2.17. The van der Waals surface area contributed by atoms with Crippen molar-refractivity contribution in [3.63, 3.8) is 0 Å². The number of thiazole rings is 1. The van der Waals surface area contributed by atoms with Gasteiger partial charge in [0.1, 0.15) is 0 Å². The first-order valence-electron chi connectivity index (χ1n) is 10.3. The van der Waals surface area contributed by atoms with Crippen LogP contribution in [0.5, 0.6) is 0 Å². The first-order chi connectivity index (χ1) is 14.5. The lowest BCUT2D eigenvalue weighted by Crippen LogP contribution is -2.12. The third-order valence-electron chi connectivity index (χ3n) is 4.83. The van der Waals surface area contributed by atoms with Crippen LogP contribution in [0.4, 0.5) is 10.9 Å². The zero-order valence-corrected chi connectivity index (χ0v) is 19.3. The predicted molar refractivity (Wildman–Crippen MR) is 123 cm³/mol. The van der Waals surface area contributed by atoms with Crippen LogP contribution in [-0.2, 0) is 6.54 Å². The van der Waals surface area contributed by atoms with Crippen molar-refractivity contribution in [1.82, 2.24) is 29.8 Å². The minimum Gasteiger partial charge on any atom is -0.315 e. The van der Waals surface area contributed by atoms with Crippen LogP contribution < -0.4 is 5.32 Å². The molecule has 0 atom stereocenters. The molecule has 1 aliphatic carbocycles. The maximum absolute atomic E-state index is 4.82. The van der Waals surface area contributed by atoms with Crippen molar-refractivity contribution in [2.75, 3.05) is 19.4 Å². The van der Waals surface area contributed by atoms with Gasteiger partial charge in [-0.3, -0.25) is 4.98 Å². The molecular formula is C21H27N7S2. The first-order valence-corrected chi connectivity index (χ1v) is 12.0. The van der Waals surface area contributed by atoms with Gasteiger partial charge in [0, 0.05) is 23.7 Å². The zero-order chi connectivity index (χ0) is 20.9. The standard InChI is InChI=1S/C21H27N7S2/c1-14-9-17(26-21(25-14)29-16-7-5-4-6-8-16)18-11-24-20(30-18)27-19-12-22-15(10-23-19)13-28(2)3/h9-12,16H,4-8,13H2,1-3H3,(H,23,24,27). The molecule has 0 aliphatic heterocycles. The van der Waals surface area contributed by atoms with Gasteiger partial charge in [0.2, 0.25) is 0 Å². The van der Waals surface area contributed by atoms with E-state index in [0.717, 1.165) is 38.8 Å². The second-order valence-electron chi connectivity index (χ2n) is 7.84. The Hall–Kier alpha value is -2.10. The van der Waals surface area contributed by atoms with E-state index in [-0.39, 0.29) is 0 Å². The summed E-state index contributed by atoms with van der Waals surface area (Å²) in [5.41, 5.74) is 2.85. The summed E-state index contributed by atoms with van der Waals surface area (Å²) in [4.78, 5) is 25.9. The van der Waals surface area contributed by atoms with Crippen LogP contribution in [-0.4, -0.2) is 49.2 Å². The van der Waals surface area contributed by atoms with Gasteiger partial charge in [-0.15, -0.1) is 0 Å². The van der Waals surface area contributed by atoms with Gasteiger partial charge in [0.15, 0.2) is 16.1 Å². The SMILES string of the molecule is Cc1cc(-c2cnc(Nc3cnc(CN(C)C)cn3)s2)nc(SC2CCCCC2)n1. The quantitative estimate of drug-likeness (QED) is 0.517. The average molecular weight is 442 g/mol. The van der Waals surface area contributed by atoms with Gasteiger partial charge in [-0.1, -0.05) is 42.4 Å². The summed E-state index contributed by atoms with van der Waals surface area (Å²) in [6.07, 6.45) is 11.9. The van der Waals surface area contributed by atoms with E-state index in [0.29, 0.717) is 11.1 Å². The molecule has 7 nitrogen and oxygen atoms in total. The van der Waals surface area contributed by atoms with Gasteiger partial charge in [-0.2, -0.15) is 0 Å². The molecular weight excluding hydrogens is 414 g/mol. The highest BCUT2D eigenvalue weighted by atomic mass is 32.2. The molecule has 0 unspecified atom stereocenters. The molecule has 0 radical (unpaired) electrons. The van der Waals surface area contributed by atoms with E-state index in [4.69, 9.17) is 4.98 Å². The highest BCUT2D eigenvalue weighted by molar-refractivity contribution is 7.99. The Bertz CT molecular complexity index is 966. The number of hydrogen-bond donors (Lipinski definition) is 1. The van der Waals surface area contributed by atoms with Crippen molar-refractivity contribution in [1.29, 1.82) is 0 Å². The van der Waals surface area contributed by atoms with Crippen LogP contribution in [0.1, 0.15) is 43.5 Å². The van der Waals surface area contributed by atoms with E-state index in [2.05, 4.69) is 30.2 Å². The van der Waals surface area contributed by atoms with Crippen LogP contribution in [0.2, 0.25) is 0 Å². The lowest BCUT2D eigenvalue weighted by Gasteiger charge is -2.20. The molecule has 0 bridgehead atoms. The molecule has 0 amide bonds. The molecule has 30 heavy (non-hydrogen) atoms. The third-order valence-corrected chi connectivity index (χ3v) is 6.97. The summed E-state index contributed by atoms with van der Waals surface area (Å²) in [5, 5.41) is 5.53. The first kappa shape index (κ1) is 21.1. The largest absolute Gasteiger partial charge is 0.315 e. The summed E-state index contributed by atoms with van der Waals surface area (Å²) in [6, 6.07) is 2.03. The molecule has 158 valence electrons. The van der Waals surface area contributed by atoms with E-state index in [1.165, 1.54) is 32.1 Å². The third kappa shape index (κ3) is 5.74. The van der Waals surface area contributed by atoms with Gasteiger partial charge in [-0.05, 0) is 39.9 Å². The molecule has 3 aromatic rings. The van der Waals surface area contributed by atoms with Crippen LogP contribution in [0.25, 0.3) is 10.6 Å². The van der Waals surface area contributed by atoms with E-state index >= 15 is 0 Å². The molecule has 4 rings (SSSR count). The lowest BCUT2D eigenvalue weighted by atomic mass is 10.0.